The van der Waals surface area contributed by atoms with Gasteiger partial charge < -0.3 is 9.47 Å². The van der Waals surface area contributed by atoms with E-state index in [1.165, 1.54) is 12.1 Å². The van der Waals surface area contributed by atoms with Gasteiger partial charge in [-0.1, -0.05) is 12.1 Å². The van der Waals surface area contributed by atoms with Crippen LogP contribution in [0.25, 0.3) is 11.4 Å². The van der Waals surface area contributed by atoms with Crippen LogP contribution in [0.5, 0.6) is 0 Å². The number of nitrogens with zero attached hydrogens (tertiary/aromatic N) is 2. The highest BCUT2D eigenvalue weighted by molar-refractivity contribution is 5.55. The first-order chi connectivity index (χ1) is 10.0. The zero-order valence-corrected chi connectivity index (χ0v) is 10.9. The molecule has 3 rings (SSSR count). The molecule has 112 valence electrons. The van der Waals surface area contributed by atoms with Gasteiger partial charge in [0, 0.05) is 5.56 Å². The van der Waals surface area contributed by atoms with Crippen LogP contribution in [-0.2, 0) is 15.7 Å². The average molecular weight is 299 g/mol. The number of benzene rings is 1. The molecule has 1 fully saturated rings. The number of nitrogens with one attached hydrogen (secondary N) is 1. The molecule has 0 radical (unpaired) electrons. The van der Waals surface area contributed by atoms with E-state index < -0.39 is 11.7 Å². The van der Waals surface area contributed by atoms with Crippen molar-refractivity contribution >= 4 is 0 Å². The summed E-state index contributed by atoms with van der Waals surface area (Å²) in [7, 11) is 0. The number of rotatable bonds is 2. The molecule has 0 spiro atoms. The van der Waals surface area contributed by atoms with Gasteiger partial charge in [-0.2, -0.15) is 18.3 Å². The SMILES string of the molecule is FC(F)(F)c1ccc(-c2n[nH]c(C3COCCO3)n2)cc1. The quantitative estimate of drug-likeness (QED) is 0.926. The Morgan fingerprint density at radius 2 is 1.90 bits per heavy atom. The molecule has 21 heavy (non-hydrogen) atoms. The number of hydrogen-bond acceptors (Lipinski definition) is 4. The van der Waals surface area contributed by atoms with Gasteiger partial charge in [0.2, 0.25) is 0 Å². The summed E-state index contributed by atoms with van der Waals surface area (Å²) in [5.41, 5.74) is -0.201. The fraction of sp³-hybridized carbons (Fsp3) is 0.385. The van der Waals surface area contributed by atoms with E-state index in [1.54, 1.807) is 0 Å². The molecule has 0 aliphatic carbocycles. The molecule has 2 heterocycles. The molecule has 8 heteroatoms. The lowest BCUT2D eigenvalue weighted by Crippen LogP contribution is -2.22. The highest BCUT2D eigenvalue weighted by atomic mass is 19.4. The number of ether oxygens (including phenoxy) is 2. The van der Waals surface area contributed by atoms with Gasteiger partial charge in [-0.3, -0.25) is 5.10 Å². The molecule has 1 N–H and O–H groups in total. The van der Waals surface area contributed by atoms with Crippen LogP contribution < -0.4 is 0 Å². The maximum absolute atomic E-state index is 12.5. The Morgan fingerprint density at radius 3 is 2.52 bits per heavy atom. The Balaban J connectivity index is 1.79. The van der Waals surface area contributed by atoms with E-state index in [4.69, 9.17) is 9.47 Å². The monoisotopic (exact) mass is 299 g/mol. The minimum Gasteiger partial charge on any atom is -0.376 e. The normalized spacial score (nSPS) is 19.7. The third-order valence-electron chi connectivity index (χ3n) is 3.09. The van der Waals surface area contributed by atoms with Gasteiger partial charge in [0.15, 0.2) is 11.6 Å². The molecule has 5 nitrogen and oxygen atoms in total. The van der Waals surface area contributed by atoms with Crippen molar-refractivity contribution in [3.8, 4) is 11.4 Å². The molecule has 1 unspecified atom stereocenters. The topological polar surface area (TPSA) is 60.0 Å². The van der Waals surface area contributed by atoms with Crippen LogP contribution in [-0.4, -0.2) is 35.0 Å². The zero-order chi connectivity index (χ0) is 14.9. The Kier molecular flexibility index (Phi) is 3.64. The predicted molar refractivity (Wildman–Crippen MR) is 66.3 cm³/mol. The molecular weight excluding hydrogens is 287 g/mol. The van der Waals surface area contributed by atoms with Crippen LogP contribution in [0.2, 0.25) is 0 Å². The Morgan fingerprint density at radius 1 is 1.14 bits per heavy atom. The summed E-state index contributed by atoms with van der Waals surface area (Å²) in [6.07, 6.45) is -4.68. The van der Waals surface area contributed by atoms with Crippen LogP contribution in [0.3, 0.4) is 0 Å². The summed E-state index contributed by atoms with van der Waals surface area (Å²) in [6.45, 7) is 1.39. The number of aromatic nitrogens is 3. The van der Waals surface area contributed by atoms with E-state index in [1.807, 2.05) is 0 Å². The van der Waals surface area contributed by atoms with Gasteiger partial charge in [-0.15, -0.1) is 0 Å². The van der Waals surface area contributed by atoms with Crippen molar-refractivity contribution in [3.05, 3.63) is 35.7 Å². The number of halogens is 3. The first-order valence-corrected chi connectivity index (χ1v) is 6.33. The van der Waals surface area contributed by atoms with E-state index in [2.05, 4.69) is 15.2 Å². The molecule has 1 aliphatic heterocycles. The van der Waals surface area contributed by atoms with Crippen molar-refractivity contribution in [2.24, 2.45) is 0 Å². The Bertz CT molecular complexity index is 604. The van der Waals surface area contributed by atoms with Gasteiger partial charge in [0.05, 0.1) is 25.4 Å². The molecule has 0 bridgehead atoms. The van der Waals surface area contributed by atoms with E-state index >= 15 is 0 Å². The van der Waals surface area contributed by atoms with Crippen LogP contribution in [0.15, 0.2) is 24.3 Å². The van der Waals surface area contributed by atoms with Crippen LogP contribution in [0, 0.1) is 0 Å². The highest BCUT2D eigenvalue weighted by Crippen LogP contribution is 2.30. The van der Waals surface area contributed by atoms with Crippen molar-refractivity contribution in [2.75, 3.05) is 19.8 Å². The third-order valence-corrected chi connectivity index (χ3v) is 3.09. The second kappa shape index (κ2) is 5.45. The molecular formula is C13H12F3N3O2. The van der Waals surface area contributed by atoms with Crippen molar-refractivity contribution in [1.29, 1.82) is 0 Å². The number of hydrogen-bond donors (Lipinski definition) is 1. The van der Waals surface area contributed by atoms with Crippen molar-refractivity contribution in [1.82, 2.24) is 15.2 Å². The summed E-state index contributed by atoms with van der Waals surface area (Å²) in [4.78, 5) is 4.24. The lowest BCUT2D eigenvalue weighted by Gasteiger charge is -2.20. The molecule has 2 aromatic rings. The van der Waals surface area contributed by atoms with Gasteiger partial charge in [-0.05, 0) is 12.1 Å². The smallest absolute Gasteiger partial charge is 0.376 e. The fourth-order valence-corrected chi connectivity index (χ4v) is 2.00. The van der Waals surface area contributed by atoms with Gasteiger partial charge in [0.1, 0.15) is 6.10 Å². The van der Waals surface area contributed by atoms with Crippen LogP contribution in [0.4, 0.5) is 13.2 Å². The van der Waals surface area contributed by atoms with Crippen LogP contribution in [0.1, 0.15) is 17.5 Å². The van der Waals surface area contributed by atoms with E-state index in [0.717, 1.165) is 12.1 Å². The Hall–Kier alpha value is -1.93. The first kappa shape index (κ1) is 14.0. The molecule has 1 atom stereocenters. The lowest BCUT2D eigenvalue weighted by molar-refractivity contribution is -0.137. The van der Waals surface area contributed by atoms with Crippen molar-refractivity contribution in [2.45, 2.75) is 12.3 Å². The third kappa shape index (κ3) is 3.06. The largest absolute Gasteiger partial charge is 0.416 e. The fourth-order valence-electron chi connectivity index (χ4n) is 2.00. The minimum atomic E-state index is -4.35. The van der Waals surface area contributed by atoms with Crippen LogP contribution >= 0.6 is 0 Å². The maximum Gasteiger partial charge on any atom is 0.416 e. The summed E-state index contributed by atoms with van der Waals surface area (Å²) in [5, 5.41) is 6.73. The van der Waals surface area contributed by atoms with Gasteiger partial charge >= 0.3 is 6.18 Å². The highest BCUT2D eigenvalue weighted by Gasteiger charge is 2.30. The van der Waals surface area contributed by atoms with Crippen molar-refractivity contribution < 1.29 is 22.6 Å². The van der Waals surface area contributed by atoms with E-state index in [9.17, 15) is 13.2 Å². The van der Waals surface area contributed by atoms with Crippen molar-refractivity contribution in [3.63, 3.8) is 0 Å². The number of alkyl halides is 3. The summed E-state index contributed by atoms with van der Waals surface area (Å²) in [6, 6.07) is 4.69. The van der Waals surface area contributed by atoms with Gasteiger partial charge in [0.25, 0.3) is 0 Å². The zero-order valence-electron chi connectivity index (χ0n) is 10.9. The molecule has 0 amide bonds. The second-order valence-electron chi connectivity index (χ2n) is 4.55. The van der Waals surface area contributed by atoms with E-state index in [0.29, 0.717) is 37.0 Å². The summed E-state index contributed by atoms with van der Waals surface area (Å²) >= 11 is 0. The lowest BCUT2D eigenvalue weighted by atomic mass is 10.1. The molecule has 1 aromatic carbocycles. The number of H-pyrrole nitrogens is 1. The number of aromatic amines is 1. The molecule has 0 saturated carbocycles. The average Bonchev–Trinajstić information content (AvgIpc) is 2.97. The first-order valence-electron chi connectivity index (χ1n) is 6.33. The molecule has 1 aliphatic rings. The predicted octanol–water partition coefficient (Wildman–Crippen LogP) is 2.58. The maximum atomic E-state index is 12.5. The molecule has 1 saturated heterocycles. The summed E-state index contributed by atoms with van der Waals surface area (Å²) in [5.74, 6) is 0.831. The Labute approximate surface area is 118 Å². The minimum absolute atomic E-state index is 0.325. The molecule has 1 aromatic heterocycles. The summed E-state index contributed by atoms with van der Waals surface area (Å²) < 4.78 is 48.2. The van der Waals surface area contributed by atoms with E-state index in [-0.39, 0.29) is 6.10 Å². The standard InChI is InChI=1S/C13H12F3N3O2/c14-13(15,16)9-3-1-8(2-4-9)11-17-12(19-18-11)10-7-20-5-6-21-10/h1-4,10H,5-7H2,(H,17,18,19). The second-order valence-corrected chi connectivity index (χ2v) is 4.55. The van der Waals surface area contributed by atoms with Gasteiger partial charge in [-0.25, -0.2) is 4.98 Å².